The van der Waals surface area contributed by atoms with Crippen molar-refractivity contribution >= 4 is 40.5 Å². The molecule has 4 N–H and O–H groups in total. The van der Waals surface area contributed by atoms with Crippen molar-refractivity contribution in [2.75, 3.05) is 64.8 Å². The van der Waals surface area contributed by atoms with Crippen molar-refractivity contribution in [2.45, 2.75) is 69.5 Å². The van der Waals surface area contributed by atoms with Crippen LogP contribution in [-0.2, 0) is 20.7 Å². The van der Waals surface area contributed by atoms with E-state index in [1.54, 1.807) is 24.5 Å². The number of rotatable bonds is 15. The minimum absolute atomic E-state index is 0.150. The molecule has 3 fully saturated rings. The van der Waals surface area contributed by atoms with Gasteiger partial charge in [-0.15, -0.1) is 0 Å². The second-order valence-electron chi connectivity index (χ2n) is 16.9. The van der Waals surface area contributed by atoms with Crippen molar-refractivity contribution in [1.82, 2.24) is 39.9 Å². The first-order chi connectivity index (χ1) is 30.8. The molecular weight excluding hydrogens is 799 g/mol. The Hall–Kier alpha value is -6.16. The van der Waals surface area contributed by atoms with Gasteiger partial charge in [-0.1, -0.05) is 42.5 Å². The largest absolute Gasteiger partial charge is 0.457 e. The monoisotopic (exact) mass is 853 g/mol. The van der Waals surface area contributed by atoms with Gasteiger partial charge >= 0.3 is 0 Å². The zero-order valence-electron chi connectivity index (χ0n) is 35.5. The molecule has 0 bridgehead atoms. The Bertz CT molecular complexity index is 2440. The van der Waals surface area contributed by atoms with Crippen molar-refractivity contribution < 1.29 is 28.7 Å². The molecule has 0 spiro atoms. The highest BCUT2D eigenvalue weighted by Crippen LogP contribution is 2.40. The van der Waals surface area contributed by atoms with Crippen molar-refractivity contribution in [2.24, 2.45) is 0 Å². The van der Waals surface area contributed by atoms with Crippen LogP contribution >= 0.6 is 0 Å². The summed E-state index contributed by atoms with van der Waals surface area (Å²) in [6.45, 7) is 6.85. The predicted molar refractivity (Wildman–Crippen MR) is 238 cm³/mol. The maximum atomic E-state index is 13.4. The number of nitrogen functional groups attached to an aromatic ring is 1. The van der Waals surface area contributed by atoms with E-state index in [0.29, 0.717) is 80.2 Å². The summed E-state index contributed by atoms with van der Waals surface area (Å²) in [5, 5.41) is 6.56. The van der Waals surface area contributed by atoms with E-state index in [9.17, 15) is 19.2 Å². The number of piperazine rings is 1. The lowest BCUT2D eigenvalue weighted by molar-refractivity contribution is -0.126. The van der Waals surface area contributed by atoms with Crippen LogP contribution in [-0.4, -0.2) is 124 Å². The van der Waals surface area contributed by atoms with E-state index in [-0.39, 0.29) is 18.2 Å². The lowest BCUT2D eigenvalue weighted by Gasteiger charge is -2.42. The van der Waals surface area contributed by atoms with Crippen LogP contribution in [0.25, 0.3) is 22.2 Å². The third-order valence-electron chi connectivity index (χ3n) is 13.1. The molecule has 3 aromatic carbocycles. The summed E-state index contributed by atoms with van der Waals surface area (Å²) in [6.07, 6.45) is 9.81. The first-order valence-corrected chi connectivity index (χ1v) is 22.3. The number of aryl methyl sites for hydroxylation is 1. The number of amides is 4. The zero-order chi connectivity index (χ0) is 43.3. The van der Waals surface area contributed by atoms with Gasteiger partial charge in [0, 0.05) is 76.1 Å². The summed E-state index contributed by atoms with van der Waals surface area (Å²) < 4.78 is 14.2. The van der Waals surface area contributed by atoms with E-state index in [0.717, 1.165) is 97.0 Å². The second-order valence-corrected chi connectivity index (χ2v) is 16.9. The van der Waals surface area contributed by atoms with Crippen molar-refractivity contribution in [1.29, 1.82) is 0 Å². The fraction of sp³-hybridized carbons (Fsp3) is 0.417. The Morgan fingerprint density at radius 1 is 0.810 bits per heavy atom. The fourth-order valence-corrected chi connectivity index (χ4v) is 9.75. The molecule has 2 saturated heterocycles. The summed E-state index contributed by atoms with van der Waals surface area (Å²) in [7, 11) is 0. The number of nitrogens with two attached hydrogens (primary N) is 1. The number of ether oxygens (including phenoxy) is 2. The van der Waals surface area contributed by atoms with Crippen LogP contribution in [0.4, 0.5) is 5.82 Å². The lowest BCUT2D eigenvalue weighted by atomic mass is 9.89. The summed E-state index contributed by atoms with van der Waals surface area (Å²) in [5.74, 6) is 0.695. The molecule has 328 valence electrons. The topological polar surface area (TPSA) is 177 Å². The number of benzene rings is 3. The highest BCUT2D eigenvalue weighted by atomic mass is 16.5. The molecule has 9 rings (SSSR count). The van der Waals surface area contributed by atoms with Crippen molar-refractivity contribution in [3.8, 4) is 22.6 Å². The Balaban J connectivity index is 0.681. The van der Waals surface area contributed by atoms with Crippen LogP contribution < -0.4 is 21.1 Å². The molecular formula is C48H55N9O6. The normalized spacial score (nSPS) is 20.8. The number of hydrogen-bond acceptors (Lipinski definition) is 11. The number of piperidine rings is 1. The highest BCUT2D eigenvalue weighted by molar-refractivity contribution is 6.23. The molecule has 0 radical (unpaired) electrons. The number of hydrogen-bond donors (Lipinski definition) is 3. The maximum absolute atomic E-state index is 13.4. The predicted octanol–water partition coefficient (Wildman–Crippen LogP) is 5.21. The molecule has 5 aromatic rings. The van der Waals surface area contributed by atoms with E-state index < -0.39 is 17.9 Å². The molecule has 15 heteroatoms. The smallest absolute Gasteiger partial charge is 0.262 e. The first-order valence-electron chi connectivity index (χ1n) is 22.3. The van der Waals surface area contributed by atoms with Crippen LogP contribution in [0.3, 0.4) is 0 Å². The van der Waals surface area contributed by atoms with Gasteiger partial charge in [0.25, 0.3) is 11.8 Å². The molecule has 4 aliphatic rings. The summed E-state index contributed by atoms with van der Waals surface area (Å²) in [5.41, 5.74) is 10.7. The molecule has 63 heavy (non-hydrogen) atoms. The van der Waals surface area contributed by atoms with E-state index in [2.05, 4.69) is 48.3 Å². The van der Waals surface area contributed by atoms with Gasteiger partial charge in [-0.3, -0.25) is 33.9 Å². The van der Waals surface area contributed by atoms with Gasteiger partial charge in [-0.25, -0.2) is 9.97 Å². The Kier molecular flexibility index (Phi) is 12.8. The van der Waals surface area contributed by atoms with Crippen LogP contribution in [0.2, 0.25) is 0 Å². The average Bonchev–Trinajstić information content (AvgIpc) is 3.83. The number of carbonyl (C=O) groups is 4. The zero-order valence-corrected chi connectivity index (χ0v) is 35.5. The molecule has 2 aromatic heterocycles. The first kappa shape index (κ1) is 42.2. The molecule has 1 atom stereocenters. The van der Waals surface area contributed by atoms with E-state index in [4.69, 9.17) is 20.2 Å². The molecule has 4 amide bonds. The molecule has 1 saturated carbocycles. The van der Waals surface area contributed by atoms with Crippen LogP contribution in [0.1, 0.15) is 77.3 Å². The summed E-state index contributed by atoms with van der Waals surface area (Å²) in [4.78, 5) is 66.9. The molecule has 1 aliphatic carbocycles. The maximum Gasteiger partial charge on any atom is 0.262 e. The van der Waals surface area contributed by atoms with Gasteiger partial charge in [0.2, 0.25) is 11.8 Å². The summed E-state index contributed by atoms with van der Waals surface area (Å²) >= 11 is 0. The molecule has 1 unspecified atom stereocenters. The number of carbonyl (C=O) groups excluding carboxylic acids is 4. The van der Waals surface area contributed by atoms with Gasteiger partial charge in [-0.05, 0) is 86.4 Å². The second kappa shape index (κ2) is 19.1. The standard InChI is InChI=1S/C48H55N9O6/c49-44-43-39(32-11-18-37(19-12-32)63-36-7-2-1-3-8-36)30-56(45(43)53-31-52-44)35-16-14-34(15-17-35)55-25-23-54(24-26-55)27-29-62-28-22-50-41(58)20-13-33-6-4-9-38-42(33)48(61)57(47(38)60)40-10-5-21-51-46(40)59/h1-4,6-9,11-12,18-19,30-31,34-35,40H,5,10,13-17,20-29H2,(H,50,58)(H,51,59)(H2,49,52,53). The number of aromatic nitrogens is 3. The van der Waals surface area contributed by atoms with Gasteiger partial charge in [0.05, 0.1) is 29.7 Å². The average molecular weight is 854 g/mol. The van der Waals surface area contributed by atoms with E-state index in [1.165, 1.54) is 0 Å². The van der Waals surface area contributed by atoms with Crippen LogP contribution in [0.15, 0.2) is 85.3 Å². The van der Waals surface area contributed by atoms with E-state index >= 15 is 0 Å². The van der Waals surface area contributed by atoms with Gasteiger partial charge < -0.3 is 30.4 Å². The lowest BCUT2D eigenvalue weighted by Crippen LogP contribution is -2.52. The van der Waals surface area contributed by atoms with Crippen LogP contribution in [0.5, 0.6) is 11.5 Å². The Morgan fingerprint density at radius 2 is 1.57 bits per heavy atom. The van der Waals surface area contributed by atoms with E-state index in [1.807, 2.05) is 42.5 Å². The number of fused-ring (bicyclic) bond motifs is 2. The Labute approximate surface area is 366 Å². The Morgan fingerprint density at radius 3 is 2.35 bits per heavy atom. The fourth-order valence-electron chi connectivity index (χ4n) is 9.75. The summed E-state index contributed by atoms with van der Waals surface area (Å²) in [6, 6.07) is 23.1. The highest BCUT2D eigenvalue weighted by Gasteiger charge is 2.44. The number of anilines is 1. The van der Waals surface area contributed by atoms with Crippen molar-refractivity contribution in [3.05, 3.63) is 102 Å². The number of imide groups is 1. The SMILES string of the molecule is Nc1ncnc2c1c(-c1ccc(Oc3ccccc3)cc1)cn2C1CCC(N2CCN(CCOCCNC(=O)CCc3cccc4c3C(=O)N(C3CCCNC3=O)C4=O)CC2)CC1. The molecule has 5 heterocycles. The third-order valence-corrected chi connectivity index (χ3v) is 13.1. The van der Waals surface area contributed by atoms with Crippen LogP contribution in [0, 0.1) is 0 Å². The minimum atomic E-state index is -0.799. The van der Waals surface area contributed by atoms with Gasteiger partial charge in [-0.2, -0.15) is 0 Å². The third kappa shape index (κ3) is 9.17. The molecule has 3 aliphatic heterocycles. The van der Waals surface area contributed by atoms with Gasteiger partial charge in [0.1, 0.15) is 35.3 Å². The quantitative estimate of drug-likeness (QED) is 0.0931. The van der Waals surface area contributed by atoms with Crippen molar-refractivity contribution in [3.63, 3.8) is 0 Å². The minimum Gasteiger partial charge on any atom is -0.457 e. The number of nitrogens with zero attached hydrogens (tertiary/aromatic N) is 6. The number of para-hydroxylation sites is 1. The molecule has 15 nitrogen and oxygen atoms in total. The van der Waals surface area contributed by atoms with Gasteiger partial charge in [0.15, 0.2) is 0 Å². The number of nitrogens with one attached hydrogen (secondary N) is 2.